The molecule has 0 aliphatic heterocycles. The molecule has 0 unspecified atom stereocenters. The maximum absolute atomic E-state index is 11.7. The van der Waals surface area contributed by atoms with Gasteiger partial charge < -0.3 is 10.1 Å². The van der Waals surface area contributed by atoms with Crippen molar-refractivity contribution in [2.24, 2.45) is 0 Å². The van der Waals surface area contributed by atoms with Crippen LogP contribution in [-0.4, -0.2) is 12.5 Å². The van der Waals surface area contributed by atoms with Gasteiger partial charge in [-0.1, -0.05) is 30.3 Å². The van der Waals surface area contributed by atoms with Gasteiger partial charge in [-0.05, 0) is 24.3 Å². The maximum Gasteiger partial charge on any atom is 0.262 e. The zero-order valence-corrected chi connectivity index (χ0v) is 10.6. The summed E-state index contributed by atoms with van der Waals surface area (Å²) in [6, 6.07) is 16.5. The summed E-state index contributed by atoms with van der Waals surface area (Å²) in [6.45, 7) is -0.0217. The third-order valence-electron chi connectivity index (χ3n) is 2.29. The second kappa shape index (κ2) is 6.12. The molecule has 2 aromatic rings. The number of rotatable bonds is 4. The molecule has 0 saturated heterocycles. The summed E-state index contributed by atoms with van der Waals surface area (Å²) in [7, 11) is 0. The maximum atomic E-state index is 11.7. The molecule has 4 heteroatoms. The molecule has 0 atom stereocenters. The molecule has 1 N–H and O–H groups in total. The number of hydrogen-bond acceptors (Lipinski definition) is 3. The number of hydrogen-bond donors (Lipinski definition) is 2. The number of nitrogens with one attached hydrogen (secondary N) is 1. The van der Waals surface area contributed by atoms with Gasteiger partial charge in [0.05, 0.1) is 5.69 Å². The number of anilines is 1. The molecule has 0 aliphatic carbocycles. The Balaban J connectivity index is 1.88. The summed E-state index contributed by atoms with van der Waals surface area (Å²) < 4.78 is 5.34. The van der Waals surface area contributed by atoms with Crippen molar-refractivity contribution in [2.75, 3.05) is 11.9 Å². The summed E-state index contributed by atoms with van der Waals surface area (Å²) in [5.41, 5.74) is 0.683. The lowest BCUT2D eigenvalue weighted by Gasteiger charge is -2.08. The molecule has 0 aliphatic rings. The molecule has 0 fully saturated rings. The van der Waals surface area contributed by atoms with Crippen molar-refractivity contribution in [3.05, 3.63) is 54.6 Å². The lowest BCUT2D eigenvalue weighted by molar-refractivity contribution is -0.118. The monoisotopic (exact) mass is 259 g/mol. The molecule has 0 saturated carbocycles. The highest BCUT2D eigenvalue weighted by Gasteiger charge is 2.05. The van der Waals surface area contributed by atoms with Crippen molar-refractivity contribution in [3.63, 3.8) is 0 Å². The quantitative estimate of drug-likeness (QED) is 0.828. The minimum absolute atomic E-state index is 0.0217. The normalized spacial score (nSPS) is 9.83. The van der Waals surface area contributed by atoms with Gasteiger partial charge in [-0.2, -0.15) is 0 Å². The first kappa shape index (κ1) is 12.5. The van der Waals surface area contributed by atoms with Gasteiger partial charge in [-0.3, -0.25) is 4.79 Å². The van der Waals surface area contributed by atoms with Crippen LogP contribution < -0.4 is 10.1 Å². The minimum Gasteiger partial charge on any atom is -0.484 e. The number of benzene rings is 2. The third kappa shape index (κ3) is 3.53. The molecule has 0 heterocycles. The molecule has 0 spiro atoms. The Morgan fingerprint density at radius 3 is 2.44 bits per heavy atom. The van der Waals surface area contributed by atoms with Crippen molar-refractivity contribution in [2.45, 2.75) is 4.90 Å². The summed E-state index contributed by atoms with van der Waals surface area (Å²) >= 11 is 4.26. The van der Waals surface area contributed by atoms with E-state index >= 15 is 0 Å². The summed E-state index contributed by atoms with van der Waals surface area (Å²) in [6.07, 6.45) is 0. The fraction of sp³-hybridized carbons (Fsp3) is 0.0714. The molecule has 0 bridgehead atoms. The first-order valence-corrected chi connectivity index (χ1v) is 5.96. The van der Waals surface area contributed by atoms with Crippen molar-refractivity contribution in [3.8, 4) is 5.75 Å². The fourth-order valence-corrected chi connectivity index (χ4v) is 1.65. The highest BCUT2D eigenvalue weighted by Crippen LogP contribution is 2.18. The Bertz CT molecular complexity index is 528. The van der Waals surface area contributed by atoms with Gasteiger partial charge in [-0.15, -0.1) is 12.6 Å². The molecule has 2 aromatic carbocycles. The Morgan fingerprint density at radius 1 is 1.06 bits per heavy atom. The molecule has 1 amide bonds. The number of ether oxygens (including phenoxy) is 1. The van der Waals surface area contributed by atoms with Crippen molar-refractivity contribution < 1.29 is 9.53 Å². The van der Waals surface area contributed by atoms with Gasteiger partial charge in [0.1, 0.15) is 5.75 Å². The Hall–Kier alpha value is -1.94. The van der Waals surface area contributed by atoms with Gasteiger partial charge in [-0.25, -0.2) is 0 Å². The number of thiol groups is 1. The smallest absolute Gasteiger partial charge is 0.262 e. The Kier molecular flexibility index (Phi) is 4.25. The SMILES string of the molecule is O=C(COc1ccccc1)Nc1ccccc1S. The van der Waals surface area contributed by atoms with Crippen LogP contribution in [0.5, 0.6) is 5.75 Å². The lowest BCUT2D eigenvalue weighted by Crippen LogP contribution is -2.20. The molecule has 3 nitrogen and oxygen atoms in total. The molecule has 18 heavy (non-hydrogen) atoms. The van der Waals surface area contributed by atoms with Gasteiger partial charge in [0.2, 0.25) is 0 Å². The average molecular weight is 259 g/mol. The van der Waals surface area contributed by atoms with E-state index in [9.17, 15) is 4.79 Å². The van der Waals surface area contributed by atoms with E-state index in [1.807, 2.05) is 36.4 Å². The van der Waals surface area contributed by atoms with Gasteiger partial charge in [0.15, 0.2) is 6.61 Å². The Morgan fingerprint density at radius 2 is 1.72 bits per heavy atom. The summed E-state index contributed by atoms with van der Waals surface area (Å²) in [4.78, 5) is 12.4. The van der Waals surface area contributed by atoms with Crippen molar-refractivity contribution in [1.82, 2.24) is 0 Å². The molecule has 0 radical (unpaired) electrons. The fourth-order valence-electron chi connectivity index (χ4n) is 1.43. The summed E-state index contributed by atoms with van der Waals surface area (Å²) in [5.74, 6) is 0.465. The van der Waals surface area contributed by atoms with E-state index in [-0.39, 0.29) is 12.5 Å². The highest BCUT2D eigenvalue weighted by atomic mass is 32.1. The van der Waals surface area contributed by atoms with Crippen LogP contribution in [0.4, 0.5) is 5.69 Å². The number of para-hydroxylation sites is 2. The van der Waals surface area contributed by atoms with Gasteiger partial charge in [0.25, 0.3) is 5.91 Å². The van der Waals surface area contributed by atoms with Crippen LogP contribution in [0.25, 0.3) is 0 Å². The third-order valence-corrected chi connectivity index (χ3v) is 2.68. The largest absolute Gasteiger partial charge is 0.484 e. The van der Waals surface area contributed by atoms with E-state index in [0.29, 0.717) is 11.4 Å². The second-order valence-electron chi connectivity index (χ2n) is 3.67. The predicted molar refractivity (Wildman–Crippen MR) is 74.3 cm³/mol. The standard InChI is InChI=1S/C14H13NO2S/c16-14(10-17-11-6-2-1-3-7-11)15-12-8-4-5-9-13(12)18/h1-9,18H,10H2,(H,15,16). The van der Waals surface area contributed by atoms with Crippen molar-refractivity contribution in [1.29, 1.82) is 0 Å². The zero-order chi connectivity index (χ0) is 12.8. The molecular weight excluding hydrogens is 246 g/mol. The average Bonchev–Trinajstić information content (AvgIpc) is 2.40. The predicted octanol–water partition coefficient (Wildman–Crippen LogP) is 2.99. The van der Waals surface area contributed by atoms with Crippen LogP contribution in [0, 0.1) is 0 Å². The van der Waals surface area contributed by atoms with E-state index in [1.54, 1.807) is 18.2 Å². The Labute approximate surface area is 111 Å². The van der Waals surface area contributed by atoms with Crippen molar-refractivity contribution >= 4 is 24.2 Å². The van der Waals surface area contributed by atoms with Crippen LogP contribution in [0.15, 0.2) is 59.5 Å². The van der Waals surface area contributed by atoms with Crippen LogP contribution in [0.1, 0.15) is 0 Å². The molecular formula is C14H13NO2S. The summed E-state index contributed by atoms with van der Waals surface area (Å²) in [5, 5.41) is 2.74. The first-order valence-electron chi connectivity index (χ1n) is 5.51. The minimum atomic E-state index is -0.208. The van der Waals surface area contributed by atoms with E-state index in [4.69, 9.17) is 4.74 Å². The van der Waals surface area contributed by atoms with E-state index in [1.165, 1.54) is 0 Å². The van der Waals surface area contributed by atoms with Crippen LogP contribution in [-0.2, 0) is 4.79 Å². The second-order valence-corrected chi connectivity index (χ2v) is 4.15. The molecule has 0 aromatic heterocycles. The van der Waals surface area contributed by atoms with Gasteiger partial charge >= 0.3 is 0 Å². The topological polar surface area (TPSA) is 38.3 Å². The van der Waals surface area contributed by atoms with Crippen LogP contribution in [0.3, 0.4) is 0 Å². The van der Waals surface area contributed by atoms with Crippen LogP contribution >= 0.6 is 12.6 Å². The molecule has 2 rings (SSSR count). The van der Waals surface area contributed by atoms with Gasteiger partial charge in [0, 0.05) is 4.90 Å². The zero-order valence-electron chi connectivity index (χ0n) is 9.67. The first-order chi connectivity index (χ1) is 8.75. The highest BCUT2D eigenvalue weighted by molar-refractivity contribution is 7.80. The van der Waals surface area contributed by atoms with E-state index < -0.39 is 0 Å². The van der Waals surface area contributed by atoms with E-state index in [0.717, 1.165) is 4.90 Å². The molecule has 92 valence electrons. The number of carbonyl (C=O) groups excluding carboxylic acids is 1. The van der Waals surface area contributed by atoms with Crippen LogP contribution in [0.2, 0.25) is 0 Å². The lowest BCUT2D eigenvalue weighted by atomic mass is 10.3. The number of amides is 1. The number of carbonyl (C=O) groups is 1. The van der Waals surface area contributed by atoms with E-state index in [2.05, 4.69) is 17.9 Å².